The molecule has 0 aliphatic carbocycles. The summed E-state index contributed by atoms with van der Waals surface area (Å²) >= 11 is 0. The molecule has 1 amide bonds. The number of carbonyl (C=O) groups is 1. The van der Waals surface area contributed by atoms with Crippen LogP contribution >= 0.6 is 0 Å². The lowest BCUT2D eigenvalue weighted by molar-refractivity contribution is -0.127. The van der Waals surface area contributed by atoms with Gasteiger partial charge in [-0.25, -0.2) is 13.8 Å². The second kappa shape index (κ2) is 13.2. The third-order valence-corrected chi connectivity index (χ3v) is 9.52. The van der Waals surface area contributed by atoms with Crippen LogP contribution in [-0.2, 0) is 4.79 Å². The summed E-state index contributed by atoms with van der Waals surface area (Å²) in [6.45, 7) is 14.1. The first-order chi connectivity index (χ1) is 23.3. The fraction of sp³-hybridized carbons (Fsp3) is 0.405. The topological polar surface area (TPSA) is 98.0 Å². The van der Waals surface area contributed by atoms with Gasteiger partial charge in [-0.05, 0) is 82.7 Å². The molecule has 1 N–H and O–H groups in total. The van der Waals surface area contributed by atoms with Crippen molar-refractivity contribution in [1.82, 2.24) is 24.3 Å². The number of fused-ring (bicyclic) bond motifs is 5. The summed E-state index contributed by atoms with van der Waals surface area (Å²) in [6.07, 6.45) is 3.76. The highest BCUT2D eigenvalue weighted by molar-refractivity contribution is 6.00. The Morgan fingerprint density at radius 1 is 1.12 bits per heavy atom. The van der Waals surface area contributed by atoms with Crippen LogP contribution in [0.4, 0.5) is 20.2 Å². The van der Waals surface area contributed by atoms with Crippen molar-refractivity contribution < 1.29 is 18.7 Å². The number of halogens is 2. The Bertz CT molecular complexity index is 1990. The second-order valence-corrected chi connectivity index (χ2v) is 13.6. The van der Waals surface area contributed by atoms with Crippen LogP contribution in [0.2, 0.25) is 0 Å². The van der Waals surface area contributed by atoms with Crippen molar-refractivity contribution in [2.24, 2.45) is 0 Å². The number of aromatic nitrogens is 3. The number of piperazine rings is 1. The van der Waals surface area contributed by atoms with E-state index >= 15 is 13.6 Å². The number of nitrogens with zero attached hydrogens (tertiary/aromatic N) is 7. The molecule has 10 nitrogen and oxygen atoms in total. The second-order valence-electron chi connectivity index (χ2n) is 13.6. The first-order valence-electron chi connectivity index (χ1n) is 16.7. The Kier molecular flexibility index (Phi) is 9.19. The summed E-state index contributed by atoms with van der Waals surface area (Å²) < 4.78 is 33.2. The van der Waals surface area contributed by atoms with Crippen LogP contribution in [0.1, 0.15) is 44.4 Å². The van der Waals surface area contributed by atoms with Crippen LogP contribution in [0.15, 0.2) is 54.0 Å². The maximum atomic E-state index is 16.4. The number of carbonyl (C=O) groups excluding carboxylic acids is 1. The molecule has 258 valence electrons. The van der Waals surface area contributed by atoms with Gasteiger partial charge in [-0.15, -0.1) is 0 Å². The lowest BCUT2D eigenvalue weighted by Gasteiger charge is -2.52. The minimum Gasteiger partial charge on any atom is -0.507 e. The Morgan fingerprint density at radius 2 is 1.88 bits per heavy atom. The highest BCUT2D eigenvalue weighted by Crippen LogP contribution is 2.44. The van der Waals surface area contributed by atoms with E-state index in [9.17, 15) is 9.90 Å². The van der Waals surface area contributed by atoms with Crippen molar-refractivity contribution >= 4 is 28.3 Å². The summed E-state index contributed by atoms with van der Waals surface area (Å²) in [6, 6.07) is 6.38. The van der Waals surface area contributed by atoms with Gasteiger partial charge in [-0.2, -0.15) is 0 Å². The highest BCUT2D eigenvalue weighted by Gasteiger charge is 2.43. The van der Waals surface area contributed by atoms with E-state index in [1.807, 2.05) is 47.9 Å². The third-order valence-electron chi connectivity index (χ3n) is 9.52. The zero-order valence-corrected chi connectivity index (χ0v) is 28.9. The van der Waals surface area contributed by atoms with Crippen molar-refractivity contribution in [3.8, 4) is 22.7 Å². The number of phenols is 1. The molecule has 2 unspecified atom stereocenters. The first kappa shape index (κ1) is 34.0. The quantitative estimate of drug-likeness (QED) is 0.255. The summed E-state index contributed by atoms with van der Waals surface area (Å²) in [7, 11) is 3.98. The van der Waals surface area contributed by atoms with Gasteiger partial charge in [0, 0.05) is 43.8 Å². The lowest BCUT2D eigenvalue weighted by atomic mass is 9.97. The molecule has 0 bridgehead atoms. The molecule has 49 heavy (non-hydrogen) atoms. The molecule has 2 aliphatic rings. The zero-order valence-electron chi connectivity index (χ0n) is 28.9. The van der Waals surface area contributed by atoms with Crippen molar-refractivity contribution in [3.05, 3.63) is 82.4 Å². The standard InChI is InChI=1S/C37H43F2N7O3/c1-8-29(48)44-18-23(5)45-24(20-44)19-43(16-10-15-42(6)7)35-34(45)25-17-27(39)32(30-26(38)11-9-12-28(30)47)41-36(25)46(37(35)49)33-22(4)13-14-40-31(33)21(2)3/h8-9,11-14,17,21,23-24,47H,1,10,15-16,18-20H2,2-7H3. The number of hydrogen-bond acceptors (Lipinski definition) is 8. The molecule has 12 heteroatoms. The Morgan fingerprint density at radius 3 is 2.55 bits per heavy atom. The third kappa shape index (κ3) is 5.92. The summed E-state index contributed by atoms with van der Waals surface area (Å²) in [5, 5.41) is 11.1. The van der Waals surface area contributed by atoms with Gasteiger partial charge in [0.25, 0.3) is 5.56 Å². The predicted molar refractivity (Wildman–Crippen MR) is 189 cm³/mol. The SMILES string of the molecule is C=CC(=O)N1CC(C)N2c3c(c(=O)n(-c4c(C)ccnc4C(C)C)c4nc(-c5c(O)cccc5F)c(F)cc34)N(CCCN(C)C)CC2C1. The van der Waals surface area contributed by atoms with Gasteiger partial charge in [0.2, 0.25) is 5.91 Å². The van der Waals surface area contributed by atoms with Gasteiger partial charge in [0.15, 0.2) is 11.5 Å². The summed E-state index contributed by atoms with van der Waals surface area (Å²) in [5.41, 5.74) is 1.85. The maximum absolute atomic E-state index is 16.4. The Labute approximate surface area is 284 Å². The Balaban J connectivity index is 1.73. The lowest BCUT2D eigenvalue weighted by Crippen LogP contribution is -2.65. The number of rotatable bonds is 8. The molecular formula is C37H43F2N7O3. The van der Waals surface area contributed by atoms with Crippen molar-refractivity contribution in [2.75, 3.05) is 56.6 Å². The number of hydrogen-bond donors (Lipinski definition) is 1. The smallest absolute Gasteiger partial charge is 0.282 e. The summed E-state index contributed by atoms with van der Waals surface area (Å²) in [5.74, 6) is -2.42. The Hall–Kier alpha value is -4.84. The normalized spacial score (nSPS) is 17.6. The van der Waals surface area contributed by atoms with E-state index < -0.39 is 28.6 Å². The molecule has 2 atom stereocenters. The predicted octanol–water partition coefficient (Wildman–Crippen LogP) is 5.23. The first-order valence-corrected chi connectivity index (χ1v) is 16.7. The van der Waals surface area contributed by atoms with Crippen LogP contribution in [0.5, 0.6) is 5.75 Å². The van der Waals surface area contributed by atoms with Gasteiger partial charge >= 0.3 is 0 Å². The summed E-state index contributed by atoms with van der Waals surface area (Å²) in [4.78, 5) is 45.5. The number of aromatic hydroxyl groups is 1. The zero-order chi connectivity index (χ0) is 35.3. The van der Waals surface area contributed by atoms with Gasteiger partial charge < -0.3 is 24.7 Å². The maximum Gasteiger partial charge on any atom is 0.282 e. The average Bonchev–Trinajstić information content (AvgIpc) is 3.04. The molecule has 0 spiro atoms. The molecule has 6 rings (SSSR count). The van der Waals surface area contributed by atoms with E-state index in [1.165, 1.54) is 28.8 Å². The molecule has 2 aliphatic heterocycles. The van der Waals surface area contributed by atoms with Gasteiger partial charge in [-0.1, -0.05) is 26.5 Å². The number of pyridine rings is 3. The van der Waals surface area contributed by atoms with Crippen molar-refractivity contribution in [2.45, 2.75) is 52.1 Å². The van der Waals surface area contributed by atoms with E-state index in [0.29, 0.717) is 54.3 Å². The van der Waals surface area contributed by atoms with Crippen molar-refractivity contribution in [3.63, 3.8) is 0 Å². The monoisotopic (exact) mass is 671 g/mol. The van der Waals surface area contributed by atoms with E-state index in [0.717, 1.165) is 24.6 Å². The molecule has 3 aromatic heterocycles. The molecule has 0 saturated carbocycles. The molecule has 1 saturated heterocycles. The van der Waals surface area contributed by atoms with Gasteiger partial charge in [0.1, 0.15) is 22.9 Å². The largest absolute Gasteiger partial charge is 0.507 e. The number of phenolic OH excluding ortho intramolecular Hbond substituents is 1. The van der Waals surface area contributed by atoms with Crippen LogP contribution in [0.3, 0.4) is 0 Å². The molecular weight excluding hydrogens is 628 g/mol. The van der Waals surface area contributed by atoms with Gasteiger partial charge in [0.05, 0.1) is 28.7 Å². The van der Waals surface area contributed by atoms with Crippen LogP contribution in [0.25, 0.3) is 28.0 Å². The number of aryl methyl sites for hydroxylation is 1. The molecule has 5 heterocycles. The van der Waals surface area contributed by atoms with E-state index in [4.69, 9.17) is 4.98 Å². The van der Waals surface area contributed by atoms with Crippen LogP contribution in [-0.4, -0.2) is 94.3 Å². The average molecular weight is 672 g/mol. The molecule has 4 aromatic rings. The van der Waals surface area contributed by atoms with Crippen LogP contribution in [0, 0.1) is 18.6 Å². The van der Waals surface area contributed by atoms with E-state index in [-0.39, 0.29) is 35.1 Å². The fourth-order valence-electron chi connectivity index (χ4n) is 7.38. The van der Waals surface area contributed by atoms with Crippen LogP contribution < -0.4 is 15.4 Å². The fourth-order valence-corrected chi connectivity index (χ4v) is 7.38. The number of anilines is 2. The number of benzene rings is 1. The van der Waals surface area contributed by atoms with E-state index in [2.05, 4.69) is 26.3 Å². The minimum atomic E-state index is -0.846. The molecule has 1 fully saturated rings. The minimum absolute atomic E-state index is 0.0838. The number of amides is 1. The van der Waals surface area contributed by atoms with Gasteiger partial charge in [-0.3, -0.25) is 19.1 Å². The highest BCUT2D eigenvalue weighted by atomic mass is 19.1. The molecule has 0 radical (unpaired) electrons. The van der Waals surface area contributed by atoms with E-state index in [1.54, 1.807) is 11.1 Å². The van der Waals surface area contributed by atoms with Crippen molar-refractivity contribution in [1.29, 1.82) is 0 Å². The molecule has 1 aromatic carbocycles.